The summed E-state index contributed by atoms with van der Waals surface area (Å²) in [5, 5.41) is 20.6. The highest BCUT2D eigenvalue weighted by atomic mass is 79.9. The Morgan fingerprint density at radius 3 is 2.67 bits per heavy atom. The molecule has 0 aromatic heterocycles. The van der Waals surface area contributed by atoms with Gasteiger partial charge in [0.1, 0.15) is 24.2 Å². The van der Waals surface area contributed by atoms with E-state index in [-0.39, 0.29) is 18.5 Å². The summed E-state index contributed by atoms with van der Waals surface area (Å²) in [7, 11) is 0. The van der Waals surface area contributed by atoms with Gasteiger partial charge in [0.25, 0.3) is 0 Å². The largest absolute Gasteiger partial charge is 0.508 e. The first kappa shape index (κ1) is 20.1. The molecule has 0 aliphatic carbocycles. The molecule has 1 saturated heterocycles. The van der Waals surface area contributed by atoms with Gasteiger partial charge in [-0.2, -0.15) is 0 Å². The van der Waals surface area contributed by atoms with E-state index in [0.29, 0.717) is 13.1 Å². The van der Waals surface area contributed by atoms with Crippen LogP contribution in [0.3, 0.4) is 0 Å². The van der Waals surface area contributed by atoms with Gasteiger partial charge >= 0.3 is 0 Å². The molecule has 146 valence electrons. The zero-order valence-electron chi connectivity index (χ0n) is 15.3. The Hall–Kier alpha value is -1.60. The summed E-state index contributed by atoms with van der Waals surface area (Å²) < 4.78 is 12.4. The van der Waals surface area contributed by atoms with E-state index in [9.17, 15) is 10.2 Å². The number of benzene rings is 2. The average Bonchev–Trinajstić information content (AvgIpc) is 3.16. The quantitative estimate of drug-likeness (QED) is 0.630. The lowest BCUT2D eigenvalue weighted by Crippen LogP contribution is -2.39. The lowest BCUT2D eigenvalue weighted by atomic mass is 10.1. The molecule has 27 heavy (non-hydrogen) atoms. The molecule has 0 saturated carbocycles. The molecule has 2 aromatic rings. The van der Waals surface area contributed by atoms with Crippen molar-refractivity contribution < 1.29 is 19.7 Å². The van der Waals surface area contributed by atoms with Crippen LogP contribution in [0.4, 0.5) is 0 Å². The molecule has 1 fully saturated rings. The summed E-state index contributed by atoms with van der Waals surface area (Å²) in [6, 6.07) is 14.9. The van der Waals surface area contributed by atoms with Crippen molar-refractivity contribution in [3.8, 4) is 11.5 Å². The fourth-order valence-electron chi connectivity index (χ4n) is 3.24. The lowest BCUT2D eigenvalue weighted by molar-refractivity contribution is 0.0311. The normalized spacial score (nSPS) is 18.0. The molecule has 5 nitrogen and oxygen atoms in total. The number of rotatable bonds is 9. The Morgan fingerprint density at radius 2 is 1.96 bits per heavy atom. The molecule has 0 bridgehead atoms. The van der Waals surface area contributed by atoms with E-state index < -0.39 is 6.10 Å². The van der Waals surface area contributed by atoms with E-state index >= 15 is 0 Å². The van der Waals surface area contributed by atoms with Crippen LogP contribution in [-0.2, 0) is 11.3 Å². The van der Waals surface area contributed by atoms with Crippen LogP contribution in [0.25, 0.3) is 0 Å². The second-order valence-corrected chi connectivity index (χ2v) is 7.79. The van der Waals surface area contributed by atoms with Crippen molar-refractivity contribution in [1.29, 1.82) is 0 Å². The number of aliphatic hydroxyl groups excluding tert-OH is 1. The monoisotopic (exact) mass is 435 g/mol. The van der Waals surface area contributed by atoms with Crippen molar-refractivity contribution >= 4 is 15.9 Å². The van der Waals surface area contributed by atoms with Gasteiger partial charge in [-0.25, -0.2) is 0 Å². The minimum absolute atomic E-state index is 0.176. The first-order chi connectivity index (χ1) is 13.1. The summed E-state index contributed by atoms with van der Waals surface area (Å²) in [5.41, 5.74) is 0.844. The number of ether oxygens (including phenoxy) is 2. The minimum atomic E-state index is -0.638. The molecule has 1 aliphatic heterocycles. The number of nitrogens with zero attached hydrogens (tertiary/aromatic N) is 1. The fraction of sp³-hybridized carbons (Fsp3) is 0.429. The van der Waals surface area contributed by atoms with Crippen LogP contribution in [0.15, 0.2) is 53.0 Å². The Bertz CT molecular complexity index is 704. The molecule has 6 heteroatoms. The summed E-state index contributed by atoms with van der Waals surface area (Å²) >= 11 is 3.39. The lowest BCUT2D eigenvalue weighted by Gasteiger charge is -2.27. The van der Waals surface area contributed by atoms with Crippen molar-refractivity contribution in [2.75, 3.05) is 26.3 Å². The number of aliphatic hydroxyl groups is 1. The van der Waals surface area contributed by atoms with Gasteiger partial charge in [-0.1, -0.05) is 34.1 Å². The minimum Gasteiger partial charge on any atom is -0.508 e. The van der Waals surface area contributed by atoms with Gasteiger partial charge in [0, 0.05) is 36.3 Å². The van der Waals surface area contributed by atoms with E-state index in [0.717, 1.165) is 41.8 Å². The zero-order chi connectivity index (χ0) is 19.1. The Morgan fingerprint density at radius 1 is 1.19 bits per heavy atom. The average molecular weight is 436 g/mol. The third-order valence-electron chi connectivity index (χ3n) is 4.60. The second-order valence-electron chi connectivity index (χ2n) is 6.88. The molecular weight excluding hydrogens is 410 g/mol. The molecule has 0 amide bonds. The Balaban J connectivity index is 1.57. The first-order valence-corrected chi connectivity index (χ1v) is 10.1. The van der Waals surface area contributed by atoms with E-state index in [2.05, 4.69) is 20.8 Å². The number of phenolic OH excluding ortho intramolecular Hbond substituents is 1. The third-order valence-corrected chi connectivity index (χ3v) is 5.13. The standard InChI is InChI=1S/C21H26BrNO4/c22-17-7-9-19(10-8-17)27-15-18(24)13-23(14-20-5-3-11-26-20)12-16-4-1-2-6-21(16)25/h1-2,4,6-10,18,20,24-25H,3,5,11-15H2. The molecule has 1 aliphatic rings. The Labute approximate surface area is 168 Å². The zero-order valence-corrected chi connectivity index (χ0v) is 16.8. The van der Waals surface area contributed by atoms with Crippen LogP contribution >= 0.6 is 15.9 Å². The molecule has 2 atom stereocenters. The smallest absolute Gasteiger partial charge is 0.120 e. The first-order valence-electron chi connectivity index (χ1n) is 9.27. The highest BCUT2D eigenvalue weighted by molar-refractivity contribution is 9.10. The van der Waals surface area contributed by atoms with E-state index in [1.54, 1.807) is 6.07 Å². The molecule has 1 heterocycles. The number of aromatic hydroxyl groups is 1. The van der Waals surface area contributed by atoms with Gasteiger partial charge in [-0.3, -0.25) is 4.90 Å². The van der Waals surface area contributed by atoms with Crippen LogP contribution in [0, 0.1) is 0 Å². The maximum Gasteiger partial charge on any atom is 0.120 e. The maximum atomic E-state index is 10.5. The van der Waals surface area contributed by atoms with Crippen LogP contribution in [0.5, 0.6) is 11.5 Å². The second kappa shape index (κ2) is 10.1. The number of phenols is 1. The summed E-state index contributed by atoms with van der Waals surface area (Å²) in [6.45, 7) is 2.74. The Kier molecular flexibility index (Phi) is 7.52. The molecule has 2 N–H and O–H groups in total. The van der Waals surface area contributed by atoms with Crippen molar-refractivity contribution in [2.24, 2.45) is 0 Å². The summed E-state index contributed by atoms with van der Waals surface area (Å²) in [5.74, 6) is 0.999. The van der Waals surface area contributed by atoms with Crippen molar-refractivity contribution in [2.45, 2.75) is 31.6 Å². The molecule has 3 rings (SSSR count). The van der Waals surface area contributed by atoms with Crippen molar-refractivity contribution in [1.82, 2.24) is 4.90 Å². The van der Waals surface area contributed by atoms with Crippen LogP contribution in [0.2, 0.25) is 0 Å². The summed E-state index contributed by atoms with van der Waals surface area (Å²) in [6.07, 6.45) is 1.64. The van der Waals surface area contributed by atoms with Gasteiger partial charge in [-0.15, -0.1) is 0 Å². The van der Waals surface area contributed by atoms with E-state index in [1.165, 1.54) is 0 Å². The predicted molar refractivity (Wildman–Crippen MR) is 108 cm³/mol. The molecule has 0 radical (unpaired) electrons. The molecule has 0 spiro atoms. The van der Waals surface area contributed by atoms with Gasteiger partial charge in [-0.05, 0) is 43.2 Å². The predicted octanol–water partition coefficient (Wildman–Crippen LogP) is 3.58. The van der Waals surface area contributed by atoms with E-state index in [1.807, 2.05) is 42.5 Å². The van der Waals surface area contributed by atoms with Crippen LogP contribution in [-0.4, -0.2) is 53.6 Å². The number of halogens is 1. The molecule has 2 aromatic carbocycles. The third kappa shape index (κ3) is 6.50. The van der Waals surface area contributed by atoms with E-state index in [4.69, 9.17) is 9.47 Å². The van der Waals surface area contributed by atoms with Gasteiger partial charge in [0.2, 0.25) is 0 Å². The van der Waals surface area contributed by atoms with Crippen molar-refractivity contribution in [3.63, 3.8) is 0 Å². The van der Waals surface area contributed by atoms with Crippen LogP contribution in [0.1, 0.15) is 18.4 Å². The molecule has 2 unspecified atom stereocenters. The van der Waals surface area contributed by atoms with Gasteiger partial charge in [0.15, 0.2) is 0 Å². The maximum absolute atomic E-state index is 10.5. The number of hydrogen-bond donors (Lipinski definition) is 2. The fourth-order valence-corrected chi connectivity index (χ4v) is 3.50. The summed E-state index contributed by atoms with van der Waals surface area (Å²) in [4.78, 5) is 2.13. The van der Waals surface area contributed by atoms with Gasteiger partial charge < -0.3 is 19.7 Å². The topological polar surface area (TPSA) is 62.2 Å². The van der Waals surface area contributed by atoms with Gasteiger partial charge in [0.05, 0.1) is 6.10 Å². The number of hydrogen-bond acceptors (Lipinski definition) is 5. The molecular formula is C21H26BrNO4. The highest BCUT2D eigenvalue weighted by Gasteiger charge is 2.22. The van der Waals surface area contributed by atoms with Crippen LogP contribution < -0.4 is 4.74 Å². The SMILES string of the molecule is Oc1ccccc1CN(CC(O)COc1ccc(Br)cc1)CC1CCCO1. The van der Waals surface area contributed by atoms with Crippen molar-refractivity contribution in [3.05, 3.63) is 58.6 Å². The number of para-hydroxylation sites is 1. The highest BCUT2D eigenvalue weighted by Crippen LogP contribution is 2.21.